The third-order valence-electron chi connectivity index (χ3n) is 9.49. The fourth-order valence-electron chi connectivity index (χ4n) is 5.97. The standard InChI is InChI=1S/C46H78O14P2/c1-3-5-7-9-11-12-13-14-15-16-17-18-19-20-21-22-23-27-31-35-45(48)55-39-42(40-58-62(53,54)57-38-41(47)37-56-61(50,51)52)59-46(49)36-32-28-24-26-30-34-44-43(60-44)33-29-25-10-8-6-4-2/h5,7,11-12,14-15,17-18,20-21,25,29,41-44,47H,3-4,6,8-10,13,16,19,22-24,26-28,30-40H2,1-2H3,(H,53,54)(H2,50,51,52)/b7-5-,12-11-,15-14-,18-17-,21-20-,29-25-/t41-,42+,43?,44?/m0/s1. The minimum Gasteiger partial charge on any atom is -0.462 e. The second-order valence-corrected chi connectivity index (χ2v) is 18.0. The van der Waals surface area contributed by atoms with E-state index in [4.69, 9.17) is 28.5 Å². The molecule has 1 rings (SSSR count). The van der Waals surface area contributed by atoms with Gasteiger partial charge in [0.15, 0.2) is 6.10 Å². The number of phosphoric acid groups is 2. The maximum absolute atomic E-state index is 12.7. The Morgan fingerprint density at radius 1 is 0.581 bits per heavy atom. The highest BCUT2D eigenvalue weighted by Gasteiger charge is 2.36. The van der Waals surface area contributed by atoms with Gasteiger partial charge < -0.3 is 34.0 Å². The van der Waals surface area contributed by atoms with Gasteiger partial charge in [-0.3, -0.25) is 23.2 Å². The third kappa shape index (κ3) is 38.0. The number of allylic oxidation sites excluding steroid dienone is 11. The first kappa shape index (κ1) is 57.5. The highest BCUT2D eigenvalue weighted by molar-refractivity contribution is 7.47. The molecule has 5 atom stereocenters. The molecule has 1 aliphatic rings. The molecule has 14 nitrogen and oxygen atoms in total. The summed E-state index contributed by atoms with van der Waals surface area (Å²) < 4.78 is 53.6. The molecule has 0 amide bonds. The Balaban J connectivity index is 2.38. The van der Waals surface area contributed by atoms with Crippen molar-refractivity contribution in [3.05, 3.63) is 72.9 Å². The van der Waals surface area contributed by atoms with Crippen LogP contribution in [0.3, 0.4) is 0 Å². The Morgan fingerprint density at radius 2 is 1.10 bits per heavy atom. The molecule has 1 saturated heterocycles. The number of hydrogen-bond acceptors (Lipinski definition) is 11. The Bertz CT molecular complexity index is 1440. The van der Waals surface area contributed by atoms with Crippen LogP contribution in [0, 0.1) is 0 Å². The molecule has 4 N–H and O–H groups in total. The molecule has 0 aliphatic carbocycles. The summed E-state index contributed by atoms with van der Waals surface area (Å²) in [5, 5.41) is 9.76. The lowest BCUT2D eigenvalue weighted by atomic mass is 10.1. The highest BCUT2D eigenvalue weighted by Crippen LogP contribution is 2.44. The number of esters is 2. The van der Waals surface area contributed by atoms with Crippen LogP contribution in [0.25, 0.3) is 0 Å². The van der Waals surface area contributed by atoms with Gasteiger partial charge in [0.25, 0.3) is 0 Å². The van der Waals surface area contributed by atoms with Crippen LogP contribution in [-0.2, 0) is 46.5 Å². The van der Waals surface area contributed by atoms with Crippen molar-refractivity contribution < 1.29 is 66.3 Å². The molecule has 0 radical (unpaired) electrons. The second kappa shape index (κ2) is 37.9. The predicted molar refractivity (Wildman–Crippen MR) is 243 cm³/mol. The van der Waals surface area contributed by atoms with E-state index >= 15 is 0 Å². The fourth-order valence-corrected chi connectivity index (χ4v) is 7.12. The van der Waals surface area contributed by atoms with Crippen molar-refractivity contribution in [2.75, 3.05) is 26.4 Å². The van der Waals surface area contributed by atoms with E-state index < -0.39 is 66.2 Å². The number of aliphatic hydroxyl groups is 1. The number of rotatable bonds is 41. The second-order valence-electron chi connectivity index (χ2n) is 15.3. The van der Waals surface area contributed by atoms with Crippen LogP contribution in [0.5, 0.6) is 0 Å². The molecule has 0 aromatic carbocycles. The van der Waals surface area contributed by atoms with Crippen molar-refractivity contribution >= 4 is 27.6 Å². The van der Waals surface area contributed by atoms with Gasteiger partial charge in [0, 0.05) is 12.8 Å². The van der Waals surface area contributed by atoms with E-state index in [1.54, 1.807) is 0 Å². The first-order chi connectivity index (χ1) is 29.8. The number of aliphatic hydroxyl groups excluding tert-OH is 1. The van der Waals surface area contributed by atoms with Crippen molar-refractivity contribution in [1.82, 2.24) is 0 Å². The van der Waals surface area contributed by atoms with Crippen LogP contribution in [0.15, 0.2) is 72.9 Å². The van der Waals surface area contributed by atoms with E-state index in [1.807, 2.05) is 0 Å². The molecule has 3 unspecified atom stereocenters. The molecule has 16 heteroatoms. The van der Waals surface area contributed by atoms with Crippen LogP contribution in [0.1, 0.15) is 155 Å². The van der Waals surface area contributed by atoms with E-state index in [2.05, 4.69) is 95.8 Å². The van der Waals surface area contributed by atoms with Crippen molar-refractivity contribution in [2.45, 2.75) is 180 Å². The van der Waals surface area contributed by atoms with Gasteiger partial charge in [0.1, 0.15) is 12.7 Å². The molecule has 1 heterocycles. The zero-order valence-corrected chi connectivity index (χ0v) is 39.2. The van der Waals surface area contributed by atoms with E-state index in [0.29, 0.717) is 25.0 Å². The number of carbonyl (C=O) groups excluding carboxylic acids is 2. The van der Waals surface area contributed by atoms with Crippen LogP contribution < -0.4 is 0 Å². The SMILES string of the molecule is CC/C=C\C/C=C\C/C=C\C/C=C\C/C=C\CCCCCC(=O)OC[C@H](COP(=O)(O)OC[C@@H](O)COP(=O)(O)O)OC(=O)CCCCCCCC1OC1C/C=C\CCCCC. The zero-order chi connectivity index (χ0) is 45.6. The number of hydrogen-bond donors (Lipinski definition) is 4. The number of epoxide rings is 1. The quantitative estimate of drug-likeness (QED) is 0.0148. The van der Waals surface area contributed by atoms with Gasteiger partial charge in [0.05, 0.1) is 32.0 Å². The maximum Gasteiger partial charge on any atom is 0.472 e. The van der Waals surface area contributed by atoms with E-state index in [1.165, 1.54) is 19.3 Å². The van der Waals surface area contributed by atoms with Gasteiger partial charge in [-0.15, -0.1) is 0 Å². The number of ether oxygens (including phenoxy) is 3. The van der Waals surface area contributed by atoms with Gasteiger partial charge in [-0.25, -0.2) is 9.13 Å². The van der Waals surface area contributed by atoms with Gasteiger partial charge in [0.2, 0.25) is 0 Å². The molecule has 356 valence electrons. The summed E-state index contributed by atoms with van der Waals surface area (Å²) >= 11 is 0. The molecular formula is C46H78O14P2. The number of unbranched alkanes of at least 4 members (excludes halogenated alkanes) is 10. The fraction of sp³-hybridized carbons (Fsp3) is 0.696. The van der Waals surface area contributed by atoms with E-state index in [-0.39, 0.29) is 12.8 Å². The van der Waals surface area contributed by atoms with Crippen molar-refractivity contribution in [2.24, 2.45) is 0 Å². The first-order valence-electron chi connectivity index (χ1n) is 22.8. The molecule has 0 spiro atoms. The molecule has 1 fully saturated rings. The molecule has 0 bridgehead atoms. The summed E-state index contributed by atoms with van der Waals surface area (Å²) in [6.45, 7) is 1.55. The zero-order valence-electron chi connectivity index (χ0n) is 37.4. The maximum atomic E-state index is 12.7. The van der Waals surface area contributed by atoms with Gasteiger partial charge >= 0.3 is 27.6 Å². The number of carbonyl (C=O) groups is 2. The molecule has 0 aromatic rings. The average molecular weight is 917 g/mol. The van der Waals surface area contributed by atoms with Crippen LogP contribution in [0.2, 0.25) is 0 Å². The van der Waals surface area contributed by atoms with Crippen LogP contribution in [-0.4, -0.2) is 82.6 Å². The normalized spacial score (nSPS) is 17.9. The highest BCUT2D eigenvalue weighted by atomic mass is 31.2. The predicted octanol–water partition coefficient (Wildman–Crippen LogP) is 10.8. The minimum atomic E-state index is -4.87. The lowest BCUT2D eigenvalue weighted by Crippen LogP contribution is -2.30. The third-order valence-corrected chi connectivity index (χ3v) is 10.9. The van der Waals surface area contributed by atoms with Crippen LogP contribution in [0.4, 0.5) is 0 Å². The van der Waals surface area contributed by atoms with Gasteiger partial charge in [-0.1, -0.05) is 132 Å². The Labute approximate surface area is 371 Å². The van der Waals surface area contributed by atoms with Crippen molar-refractivity contribution in [3.8, 4) is 0 Å². The summed E-state index contributed by atoms with van der Waals surface area (Å²) in [6, 6.07) is 0. The molecular weight excluding hydrogens is 838 g/mol. The lowest BCUT2D eigenvalue weighted by molar-refractivity contribution is -0.161. The van der Waals surface area contributed by atoms with Crippen molar-refractivity contribution in [1.29, 1.82) is 0 Å². The van der Waals surface area contributed by atoms with Gasteiger partial charge in [-0.2, -0.15) is 0 Å². The summed E-state index contributed by atoms with van der Waals surface area (Å²) in [5.74, 6) is -1.10. The lowest BCUT2D eigenvalue weighted by Gasteiger charge is -2.20. The Hall–Kier alpha value is -2.48. The molecule has 1 aliphatic heterocycles. The molecule has 0 aromatic heterocycles. The topological polar surface area (TPSA) is 208 Å². The largest absolute Gasteiger partial charge is 0.472 e. The van der Waals surface area contributed by atoms with Crippen LogP contribution >= 0.6 is 15.6 Å². The Morgan fingerprint density at radius 3 is 1.73 bits per heavy atom. The summed E-state index contributed by atoms with van der Waals surface area (Å²) in [6.07, 6.45) is 43.4. The molecule has 0 saturated carbocycles. The Kier molecular flexibility index (Phi) is 35.1. The van der Waals surface area contributed by atoms with Gasteiger partial charge in [-0.05, 0) is 83.5 Å². The summed E-state index contributed by atoms with van der Waals surface area (Å²) in [4.78, 5) is 52.8. The monoisotopic (exact) mass is 916 g/mol. The number of phosphoric ester groups is 2. The summed E-state index contributed by atoms with van der Waals surface area (Å²) in [7, 11) is -9.70. The van der Waals surface area contributed by atoms with Crippen molar-refractivity contribution in [3.63, 3.8) is 0 Å². The minimum absolute atomic E-state index is 0.0970. The average Bonchev–Trinajstić information content (AvgIpc) is 3.99. The summed E-state index contributed by atoms with van der Waals surface area (Å²) in [5.41, 5.74) is 0. The first-order valence-corrected chi connectivity index (χ1v) is 25.8. The van der Waals surface area contributed by atoms with E-state index in [9.17, 15) is 28.7 Å². The van der Waals surface area contributed by atoms with E-state index in [0.717, 1.165) is 96.3 Å². The smallest absolute Gasteiger partial charge is 0.462 e. The molecule has 62 heavy (non-hydrogen) atoms.